The van der Waals surface area contributed by atoms with E-state index >= 15 is 0 Å². The maximum absolute atomic E-state index is 12.3. The maximum Gasteiger partial charge on any atom is 0.315 e. The van der Waals surface area contributed by atoms with Gasteiger partial charge >= 0.3 is 5.91 Å². The van der Waals surface area contributed by atoms with Crippen molar-refractivity contribution in [3.8, 4) is 0 Å². The van der Waals surface area contributed by atoms with Gasteiger partial charge in [0, 0.05) is 13.8 Å². The van der Waals surface area contributed by atoms with Crippen molar-refractivity contribution in [3.63, 3.8) is 0 Å². The molecule has 9 nitrogen and oxygen atoms in total. The average Bonchev–Trinajstić information content (AvgIpc) is 2.54. The maximum atomic E-state index is 12.3. The Kier molecular flexibility index (Phi) is 4.66. The number of amides is 1. The van der Waals surface area contributed by atoms with E-state index in [1.54, 1.807) is 0 Å². The number of carbonyl (C=O) groups excluding carboxylic acids is 1. The first-order valence-electron chi connectivity index (χ1n) is 6.49. The van der Waals surface area contributed by atoms with E-state index < -0.39 is 42.5 Å². The van der Waals surface area contributed by atoms with Crippen molar-refractivity contribution >= 4 is 11.6 Å². The van der Waals surface area contributed by atoms with E-state index in [1.807, 2.05) is 0 Å². The molecule has 9 heteroatoms. The smallest absolute Gasteiger partial charge is 0.315 e. The summed E-state index contributed by atoms with van der Waals surface area (Å²) in [5.41, 5.74) is -4.55. The highest BCUT2D eigenvalue weighted by atomic mass is 16.6. The molecule has 0 aromatic heterocycles. The van der Waals surface area contributed by atoms with Crippen molar-refractivity contribution in [1.29, 1.82) is 0 Å². The summed E-state index contributed by atoms with van der Waals surface area (Å²) in [6.45, 7) is 3.75. The lowest BCUT2D eigenvalue weighted by atomic mass is 9.96. The monoisotopic (exact) mass is 305 g/mol. The van der Waals surface area contributed by atoms with Crippen LogP contribution in [0, 0.1) is 5.21 Å². The van der Waals surface area contributed by atoms with Gasteiger partial charge in [-0.2, -0.15) is 4.74 Å². The second kappa shape index (κ2) is 5.50. The van der Waals surface area contributed by atoms with Crippen LogP contribution in [0.15, 0.2) is 0 Å². The number of aliphatic hydroxyl groups excluding tert-OH is 3. The topological polar surface area (TPSA) is 139 Å². The molecule has 0 fully saturated rings. The number of aliphatic hydroxyl groups is 3. The molecule has 0 aliphatic carbocycles. The van der Waals surface area contributed by atoms with Crippen LogP contribution in [-0.2, 0) is 4.79 Å². The fraction of sp³-hybridized carbons (Fsp3) is 0.833. The highest BCUT2D eigenvalue weighted by Gasteiger charge is 2.59. The Morgan fingerprint density at radius 2 is 1.67 bits per heavy atom. The minimum absolute atomic E-state index is 0.283. The highest BCUT2D eigenvalue weighted by Crippen LogP contribution is 2.32. The summed E-state index contributed by atoms with van der Waals surface area (Å²) in [6.07, 6.45) is 0. The highest BCUT2D eigenvalue weighted by molar-refractivity contribution is 6.40. The van der Waals surface area contributed by atoms with E-state index in [9.17, 15) is 30.5 Å². The van der Waals surface area contributed by atoms with Crippen molar-refractivity contribution in [3.05, 3.63) is 5.21 Å². The van der Waals surface area contributed by atoms with Crippen molar-refractivity contribution in [2.75, 3.05) is 19.8 Å². The van der Waals surface area contributed by atoms with E-state index in [4.69, 9.17) is 0 Å². The molecular formula is C12H23N3O6. The lowest BCUT2D eigenvalue weighted by molar-refractivity contribution is -0.580. The second-order valence-electron chi connectivity index (χ2n) is 6.22. The molecule has 0 aromatic carbocycles. The molecule has 0 saturated carbocycles. The lowest BCUT2D eigenvalue weighted by Gasteiger charge is -2.31. The van der Waals surface area contributed by atoms with Crippen LogP contribution in [0.3, 0.4) is 0 Å². The largest absolute Gasteiger partial charge is 0.622 e. The third-order valence-electron chi connectivity index (χ3n) is 3.83. The van der Waals surface area contributed by atoms with E-state index in [2.05, 4.69) is 5.32 Å². The Hall–Kier alpha value is -1.26. The summed E-state index contributed by atoms with van der Waals surface area (Å²) >= 11 is 0. The predicted molar refractivity (Wildman–Crippen MR) is 72.5 cm³/mol. The van der Waals surface area contributed by atoms with Gasteiger partial charge in [0.25, 0.3) is 5.71 Å². The van der Waals surface area contributed by atoms with Crippen LogP contribution in [0.1, 0.15) is 27.7 Å². The van der Waals surface area contributed by atoms with Gasteiger partial charge in [-0.15, -0.1) is 5.06 Å². The van der Waals surface area contributed by atoms with Gasteiger partial charge in [0.05, 0.1) is 19.8 Å². The summed E-state index contributed by atoms with van der Waals surface area (Å²) < 4.78 is 0.374. The molecule has 21 heavy (non-hydrogen) atoms. The molecule has 0 atom stereocenters. The summed E-state index contributed by atoms with van der Waals surface area (Å²) in [5, 5.41) is 53.1. The molecule has 0 spiro atoms. The molecule has 1 aliphatic rings. The second-order valence-corrected chi connectivity index (χ2v) is 6.22. The van der Waals surface area contributed by atoms with Crippen LogP contribution < -0.4 is 5.32 Å². The van der Waals surface area contributed by atoms with Crippen LogP contribution in [0.4, 0.5) is 0 Å². The molecule has 0 aromatic rings. The van der Waals surface area contributed by atoms with Crippen LogP contribution in [-0.4, -0.2) is 78.5 Å². The van der Waals surface area contributed by atoms with Gasteiger partial charge in [0.1, 0.15) is 11.1 Å². The zero-order valence-electron chi connectivity index (χ0n) is 12.6. The zero-order valence-corrected chi connectivity index (χ0v) is 12.6. The number of hydrogen-bond donors (Lipinski definition) is 5. The molecule has 1 rings (SSSR count). The first kappa shape index (κ1) is 17.8. The molecule has 0 bridgehead atoms. The first-order chi connectivity index (χ1) is 9.50. The molecule has 5 N–H and O–H groups in total. The van der Waals surface area contributed by atoms with Gasteiger partial charge in [0.2, 0.25) is 5.66 Å². The summed E-state index contributed by atoms with van der Waals surface area (Å²) in [7, 11) is 0. The van der Waals surface area contributed by atoms with E-state index in [1.165, 1.54) is 27.7 Å². The molecule has 1 aliphatic heterocycles. The first-order valence-corrected chi connectivity index (χ1v) is 6.49. The number of nitrogens with one attached hydrogen (secondary N) is 1. The quantitative estimate of drug-likeness (QED) is 0.292. The number of carbonyl (C=O) groups is 1. The summed E-state index contributed by atoms with van der Waals surface area (Å²) in [5.74, 6) is -0.878. The van der Waals surface area contributed by atoms with Crippen molar-refractivity contribution in [1.82, 2.24) is 10.4 Å². The van der Waals surface area contributed by atoms with Crippen LogP contribution in [0.2, 0.25) is 0 Å². The summed E-state index contributed by atoms with van der Waals surface area (Å²) in [4.78, 5) is 12.3. The number of hydrogen-bond acceptors (Lipinski definition) is 7. The zero-order chi connectivity index (χ0) is 16.6. The van der Waals surface area contributed by atoms with E-state index in [0.29, 0.717) is 4.74 Å². The third kappa shape index (κ3) is 2.62. The van der Waals surface area contributed by atoms with Gasteiger partial charge in [-0.3, -0.25) is 4.79 Å². The minimum atomic E-state index is -1.64. The standard InChI is InChI=1S/C12H23N3O6/c1-10(2)8(14(20)11(3,4)15(10)21)9(19)13-12(5-16,6-17)7-18/h16-18,21H,5-7H2,1-4H3,(H,13,19). The fourth-order valence-electron chi connectivity index (χ4n) is 2.33. The average molecular weight is 305 g/mol. The SMILES string of the molecule is CC1(C)C(C(=O)NC(CO)(CO)CO)=[N+]([O-])C(C)(C)N1O. The minimum Gasteiger partial charge on any atom is -0.622 e. The van der Waals surface area contributed by atoms with E-state index in [-0.39, 0.29) is 5.71 Å². The van der Waals surface area contributed by atoms with Gasteiger partial charge < -0.3 is 31.1 Å². The van der Waals surface area contributed by atoms with Crippen LogP contribution in [0.5, 0.6) is 0 Å². The fourth-order valence-corrected chi connectivity index (χ4v) is 2.33. The molecule has 1 heterocycles. The Labute approximate surface area is 122 Å². The van der Waals surface area contributed by atoms with Crippen LogP contribution >= 0.6 is 0 Å². The third-order valence-corrected chi connectivity index (χ3v) is 3.83. The Balaban J connectivity index is 3.20. The molecule has 0 radical (unpaired) electrons. The Morgan fingerprint density at radius 1 is 1.24 bits per heavy atom. The Bertz CT molecular complexity index is 448. The molecule has 0 unspecified atom stereocenters. The molecule has 122 valence electrons. The predicted octanol–water partition coefficient (Wildman–Crippen LogP) is -2.01. The summed E-state index contributed by atoms with van der Waals surface area (Å²) in [6, 6.07) is 0. The number of hydroxylamine groups is 3. The normalized spacial score (nSPS) is 21.7. The Morgan fingerprint density at radius 3 is 1.95 bits per heavy atom. The molecule has 0 saturated heterocycles. The van der Waals surface area contributed by atoms with Crippen molar-refractivity contribution < 1.29 is 30.1 Å². The molecular weight excluding hydrogens is 282 g/mol. The van der Waals surface area contributed by atoms with Crippen molar-refractivity contribution in [2.45, 2.75) is 44.4 Å². The molecule has 1 amide bonds. The van der Waals surface area contributed by atoms with E-state index in [0.717, 1.165) is 5.06 Å². The lowest BCUT2D eigenvalue weighted by Crippen LogP contribution is -2.61. The van der Waals surface area contributed by atoms with Gasteiger partial charge in [-0.05, 0) is 13.8 Å². The van der Waals surface area contributed by atoms with Gasteiger partial charge in [-0.25, -0.2) is 0 Å². The van der Waals surface area contributed by atoms with Gasteiger partial charge in [0.15, 0.2) is 0 Å². The van der Waals surface area contributed by atoms with Gasteiger partial charge in [-0.1, -0.05) is 0 Å². The van der Waals surface area contributed by atoms with Crippen molar-refractivity contribution in [2.24, 2.45) is 0 Å². The number of rotatable bonds is 5. The van der Waals surface area contributed by atoms with Crippen LogP contribution in [0.25, 0.3) is 0 Å². The number of nitrogens with zero attached hydrogens (tertiary/aromatic N) is 2.